The highest BCUT2D eigenvalue weighted by Gasteiger charge is 2.34. The van der Waals surface area contributed by atoms with Gasteiger partial charge in [-0.15, -0.1) is 0 Å². The van der Waals surface area contributed by atoms with Crippen molar-refractivity contribution in [2.45, 2.75) is 32.4 Å². The molecular formula is C27H37N5O4S. The van der Waals surface area contributed by atoms with Crippen molar-refractivity contribution in [3.05, 3.63) is 71.3 Å². The molecule has 1 saturated heterocycles. The molecule has 0 bridgehead atoms. The number of nitrogens with zero attached hydrogens (tertiary/aromatic N) is 4. The molecule has 2 aromatic rings. The second-order valence-corrected chi connectivity index (χ2v) is 11.8. The fraction of sp³-hybridized carbons (Fsp3) is 0.481. The minimum absolute atomic E-state index is 0.0208. The first-order valence-corrected chi connectivity index (χ1v) is 14.5. The summed E-state index contributed by atoms with van der Waals surface area (Å²) in [4.78, 5) is 19.5. The normalized spacial score (nSPS) is 20.2. The molecule has 0 radical (unpaired) electrons. The van der Waals surface area contributed by atoms with Crippen LogP contribution in [0.1, 0.15) is 47.8 Å². The van der Waals surface area contributed by atoms with Crippen LogP contribution in [0.5, 0.6) is 0 Å². The SMILES string of the molecule is C=C1C=C(C(NC(=O)COCC)c2cncn2C)c2cc(C)ccc2C(N2CCN(S(C)(=O)=O)CC2)C1. The van der Waals surface area contributed by atoms with Gasteiger partial charge in [-0.2, -0.15) is 4.31 Å². The van der Waals surface area contributed by atoms with Crippen LogP contribution in [-0.2, 0) is 26.6 Å². The molecule has 1 aromatic carbocycles. The molecule has 1 aliphatic heterocycles. The van der Waals surface area contributed by atoms with Crippen LogP contribution >= 0.6 is 0 Å². The summed E-state index contributed by atoms with van der Waals surface area (Å²) in [6, 6.07) is 6.03. The third-order valence-electron chi connectivity index (χ3n) is 7.08. The maximum Gasteiger partial charge on any atom is 0.246 e. The first kappa shape index (κ1) is 27.3. The average Bonchev–Trinajstić information content (AvgIpc) is 3.22. The second kappa shape index (κ2) is 11.3. The second-order valence-electron chi connectivity index (χ2n) is 9.83. The predicted molar refractivity (Wildman–Crippen MR) is 144 cm³/mol. The lowest BCUT2D eigenvalue weighted by Crippen LogP contribution is -2.49. The quantitative estimate of drug-likeness (QED) is 0.567. The number of imidazole rings is 1. The lowest BCUT2D eigenvalue weighted by molar-refractivity contribution is -0.126. The minimum atomic E-state index is -3.21. The van der Waals surface area contributed by atoms with E-state index in [-0.39, 0.29) is 18.6 Å². The summed E-state index contributed by atoms with van der Waals surface area (Å²) in [5.74, 6) is -0.202. The molecule has 1 aliphatic carbocycles. The van der Waals surface area contributed by atoms with E-state index in [4.69, 9.17) is 4.74 Å². The van der Waals surface area contributed by atoms with Gasteiger partial charge in [0.1, 0.15) is 6.61 Å². The van der Waals surface area contributed by atoms with E-state index in [2.05, 4.69) is 53.0 Å². The molecule has 37 heavy (non-hydrogen) atoms. The lowest BCUT2D eigenvalue weighted by Gasteiger charge is -2.39. The molecule has 2 unspecified atom stereocenters. The summed E-state index contributed by atoms with van der Waals surface area (Å²) in [5.41, 5.74) is 6.07. The van der Waals surface area contributed by atoms with Crippen LogP contribution in [-0.4, -0.2) is 78.7 Å². The Morgan fingerprint density at radius 1 is 1.27 bits per heavy atom. The molecular weight excluding hydrogens is 490 g/mol. The Balaban J connectivity index is 1.74. The summed E-state index contributed by atoms with van der Waals surface area (Å²) < 4.78 is 32.9. The van der Waals surface area contributed by atoms with E-state index < -0.39 is 16.1 Å². The summed E-state index contributed by atoms with van der Waals surface area (Å²) in [6.07, 6.45) is 7.57. The molecule has 9 nitrogen and oxygen atoms in total. The third kappa shape index (κ3) is 6.20. The van der Waals surface area contributed by atoms with Crippen molar-refractivity contribution in [1.29, 1.82) is 0 Å². The van der Waals surface area contributed by atoms with E-state index >= 15 is 0 Å². The number of fused-ring (bicyclic) bond motifs is 1. The molecule has 2 atom stereocenters. The summed E-state index contributed by atoms with van der Waals surface area (Å²) in [6.45, 7) is 11.0. The fourth-order valence-corrected chi connectivity index (χ4v) is 6.02. The Morgan fingerprint density at radius 2 is 2.00 bits per heavy atom. The number of rotatable bonds is 8. The van der Waals surface area contributed by atoms with Gasteiger partial charge in [-0.1, -0.05) is 42.0 Å². The zero-order valence-corrected chi connectivity index (χ0v) is 22.9. The third-order valence-corrected chi connectivity index (χ3v) is 8.38. The van der Waals surface area contributed by atoms with E-state index in [1.807, 2.05) is 18.5 Å². The Bertz CT molecular complexity index is 1290. The van der Waals surface area contributed by atoms with Crippen molar-refractivity contribution >= 4 is 21.5 Å². The van der Waals surface area contributed by atoms with Crippen molar-refractivity contribution in [2.75, 3.05) is 45.6 Å². The Labute approximate surface area is 219 Å². The first-order valence-electron chi connectivity index (χ1n) is 12.6. The van der Waals surface area contributed by atoms with Gasteiger partial charge < -0.3 is 14.6 Å². The molecule has 0 saturated carbocycles. The van der Waals surface area contributed by atoms with Crippen molar-refractivity contribution in [2.24, 2.45) is 7.05 Å². The fourth-order valence-electron chi connectivity index (χ4n) is 5.19. The molecule has 1 aromatic heterocycles. The van der Waals surface area contributed by atoms with Crippen LogP contribution in [0, 0.1) is 6.92 Å². The topological polar surface area (TPSA) is 96.8 Å². The monoisotopic (exact) mass is 527 g/mol. The Kier molecular flexibility index (Phi) is 8.33. The number of hydrogen-bond donors (Lipinski definition) is 1. The molecule has 10 heteroatoms. The smallest absolute Gasteiger partial charge is 0.246 e. The van der Waals surface area contributed by atoms with Crippen LogP contribution in [0.25, 0.3) is 5.57 Å². The zero-order valence-electron chi connectivity index (χ0n) is 22.1. The number of ether oxygens (including phenoxy) is 1. The number of nitrogens with one attached hydrogen (secondary N) is 1. The average molecular weight is 528 g/mol. The van der Waals surface area contributed by atoms with E-state index in [1.54, 1.807) is 16.8 Å². The summed E-state index contributed by atoms with van der Waals surface area (Å²) in [5, 5.41) is 3.17. The molecule has 1 amide bonds. The molecule has 0 spiro atoms. The number of hydrogen-bond acceptors (Lipinski definition) is 6. The van der Waals surface area contributed by atoms with Crippen LogP contribution in [0.2, 0.25) is 0 Å². The number of aromatic nitrogens is 2. The zero-order chi connectivity index (χ0) is 26.7. The molecule has 1 N–H and O–H groups in total. The number of allylic oxidation sites excluding steroid dienone is 1. The van der Waals surface area contributed by atoms with Gasteiger partial charge in [0, 0.05) is 45.9 Å². The Morgan fingerprint density at radius 3 is 2.62 bits per heavy atom. The molecule has 200 valence electrons. The van der Waals surface area contributed by atoms with Crippen LogP contribution in [0.15, 0.2) is 49.0 Å². The largest absolute Gasteiger partial charge is 0.372 e. The van der Waals surface area contributed by atoms with E-state index in [9.17, 15) is 13.2 Å². The lowest BCUT2D eigenvalue weighted by atomic mass is 9.89. The number of sulfonamides is 1. The van der Waals surface area contributed by atoms with Gasteiger partial charge in [0.25, 0.3) is 0 Å². The number of carbonyl (C=O) groups is 1. The van der Waals surface area contributed by atoms with Crippen molar-refractivity contribution in [3.63, 3.8) is 0 Å². The van der Waals surface area contributed by atoms with Crippen LogP contribution < -0.4 is 5.32 Å². The number of piperazine rings is 1. The summed E-state index contributed by atoms with van der Waals surface area (Å²) >= 11 is 0. The maximum absolute atomic E-state index is 12.9. The molecule has 4 rings (SSSR count). The van der Waals surface area contributed by atoms with Gasteiger partial charge in [-0.05, 0) is 37.0 Å². The van der Waals surface area contributed by atoms with E-state index in [0.717, 1.165) is 33.5 Å². The van der Waals surface area contributed by atoms with Crippen LogP contribution in [0.3, 0.4) is 0 Å². The van der Waals surface area contributed by atoms with Crippen molar-refractivity contribution < 1.29 is 17.9 Å². The molecule has 2 heterocycles. The standard InChI is InChI=1S/C27H37N5O4S/c1-6-36-17-26(33)29-27(25-16-28-18-30(25)4)23-14-20(3)15-24(21-8-7-19(2)13-22(21)23)31-9-11-32(12-10-31)37(5,34)35/h7-8,13-14,16,18,24,27H,3,6,9-12,15,17H2,1-2,4-5H3,(H,29,33). The van der Waals surface area contributed by atoms with Crippen LogP contribution in [0.4, 0.5) is 0 Å². The number of benzene rings is 1. The van der Waals surface area contributed by atoms with Gasteiger partial charge in [-0.25, -0.2) is 13.4 Å². The van der Waals surface area contributed by atoms with Crippen molar-refractivity contribution in [1.82, 2.24) is 24.1 Å². The van der Waals surface area contributed by atoms with Gasteiger partial charge in [0.05, 0.1) is 30.5 Å². The van der Waals surface area contributed by atoms with Crippen molar-refractivity contribution in [3.8, 4) is 0 Å². The van der Waals surface area contributed by atoms with E-state index in [0.29, 0.717) is 39.2 Å². The molecule has 1 fully saturated rings. The number of carbonyl (C=O) groups excluding carboxylic acids is 1. The van der Waals surface area contributed by atoms with Gasteiger partial charge in [0.2, 0.25) is 15.9 Å². The maximum atomic E-state index is 12.9. The highest BCUT2D eigenvalue weighted by molar-refractivity contribution is 7.88. The predicted octanol–water partition coefficient (Wildman–Crippen LogP) is 2.58. The summed E-state index contributed by atoms with van der Waals surface area (Å²) in [7, 11) is -1.30. The number of aryl methyl sites for hydroxylation is 2. The van der Waals surface area contributed by atoms with E-state index in [1.165, 1.54) is 6.26 Å². The minimum Gasteiger partial charge on any atom is -0.372 e. The highest BCUT2D eigenvalue weighted by Crippen LogP contribution is 2.42. The molecule has 2 aliphatic rings. The van der Waals surface area contributed by atoms with Gasteiger partial charge in [0.15, 0.2) is 0 Å². The number of amides is 1. The highest BCUT2D eigenvalue weighted by atomic mass is 32.2. The first-order chi connectivity index (χ1) is 17.6. The van der Waals surface area contributed by atoms with Gasteiger partial charge in [-0.3, -0.25) is 9.69 Å². The van der Waals surface area contributed by atoms with Gasteiger partial charge >= 0.3 is 0 Å². The Hall–Kier alpha value is -2.79.